The third-order valence-electron chi connectivity index (χ3n) is 1.98. The summed E-state index contributed by atoms with van der Waals surface area (Å²) in [5.41, 5.74) is 0.868. The number of aryl methyl sites for hydroxylation is 2. The summed E-state index contributed by atoms with van der Waals surface area (Å²) >= 11 is 0. The molecule has 1 aromatic heterocycles. The highest BCUT2D eigenvalue weighted by molar-refractivity contribution is 5.70. The first-order valence-corrected chi connectivity index (χ1v) is 4.78. The van der Waals surface area contributed by atoms with Crippen LogP contribution in [0.25, 0.3) is 0 Å². The van der Waals surface area contributed by atoms with Gasteiger partial charge in [0.25, 0.3) is 0 Å². The molecule has 0 aromatic carbocycles. The molecule has 0 fully saturated rings. The van der Waals surface area contributed by atoms with Gasteiger partial charge in [0.2, 0.25) is 0 Å². The molecule has 0 saturated heterocycles. The Balaban J connectivity index is 2.61. The van der Waals surface area contributed by atoms with Crippen molar-refractivity contribution < 1.29 is 9.90 Å². The highest BCUT2D eigenvalue weighted by atomic mass is 16.4. The number of carboxylic acid groups (broad SMARTS) is 1. The zero-order valence-electron chi connectivity index (χ0n) is 9.11. The molecule has 0 amide bonds. The van der Waals surface area contributed by atoms with Crippen molar-refractivity contribution in [1.82, 2.24) is 9.97 Å². The van der Waals surface area contributed by atoms with E-state index in [2.05, 4.69) is 15.3 Å². The van der Waals surface area contributed by atoms with Crippen molar-refractivity contribution in [2.45, 2.75) is 20.8 Å². The van der Waals surface area contributed by atoms with Crippen LogP contribution in [-0.4, -0.2) is 27.6 Å². The van der Waals surface area contributed by atoms with Crippen molar-refractivity contribution in [3.63, 3.8) is 0 Å². The molecule has 0 aliphatic carbocycles. The summed E-state index contributed by atoms with van der Waals surface area (Å²) in [6.07, 6.45) is 0. The maximum absolute atomic E-state index is 10.6. The second kappa shape index (κ2) is 4.72. The van der Waals surface area contributed by atoms with Gasteiger partial charge in [-0.15, -0.1) is 0 Å². The van der Waals surface area contributed by atoms with Crippen molar-refractivity contribution in [1.29, 1.82) is 0 Å². The van der Waals surface area contributed by atoms with Gasteiger partial charge in [0, 0.05) is 18.3 Å². The van der Waals surface area contributed by atoms with Gasteiger partial charge in [0.1, 0.15) is 11.6 Å². The lowest BCUT2D eigenvalue weighted by atomic mass is 10.2. The summed E-state index contributed by atoms with van der Waals surface area (Å²) in [4.78, 5) is 18.9. The molecule has 0 bridgehead atoms. The highest BCUT2D eigenvalue weighted by Gasteiger charge is 2.10. The van der Waals surface area contributed by atoms with E-state index in [1.807, 2.05) is 6.92 Å². The van der Waals surface area contributed by atoms with E-state index in [9.17, 15) is 4.79 Å². The Morgan fingerprint density at radius 3 is 2.73 bits per heavy atom. The van der Waals surface area contributed by atoms with E-state index in [0.717, 1.165) is 5.69 Å². The predicted molar refractivity (Wildman–Crippen MR) is 56.8 cm³/mol. The van der Waals surface area contributed by atoms with Crippen LogP contribution in [0.5, 0.6) is 0 Å². The van der Waals surface area contributed by atoms with E-state index in [1.54, 1.807) is 19.9 Å². The van der Waals surface area contributed by atoms with E-state index in [4.69, 9.17) is 5.11 Å². The average molecular weight is 209 g/mol. The van der Waals surface area contributed by atoms with Crippen LogP contribution >= 0.6 is 0 Å². The number of carbonyl (C=O) groups is 1. The van der Waals surface area contributed by atoms with Gasteiger partial charge < -0.3 is 10.4 Å². The first kappa shape index (κ1) is 11.4. The minimum Gasteiger partial charge on any atom is -0.481 e. The lowest BCUT2D eigenvalue weighted by Crippen LogP contribution is -2.20. The van der Waals surface area contributed by atoms with Crippen LogP contribution in [0.3, 0.4) is 0 Å². The van der Waals surface area contributed by atoms with Crippen molar-refractivity contribution in [3.05, 3.63) is 17.6 Å². The van der Waals surface area contributed by atoms with E-state index >= 15 is 0 Å². The molecule has 1 atom stereocenters. The molecule has 1 unspecified atom stereocenters. The van der Waals surface area contributed by atoms with Crippen molar-refractivity contribution in [2.24, 2.45) is 5.92 Å². The Bertz CT molecular complexity index is 345. The molecule has 82 valence electrons. The lowest BCUT2D eigenvalue weighted by Gasteiger charge is -2.09. The van der Waals surface area contributed by atoms with E-state index < -0.39 is 11.9 Å². The number of anilines is 1. The van der Waals surface area contributed by atoms with E-state index in [1.165, 1.54) is 0 Å². The number of aromatic nitrogens is 2. The fraction of sp³-hybridized carbons (Fsp3) is 0.500. The van der Waals surface area contributed by atoms with Crippen molar-refractivity contribution >= 4 is 11.8 Å². The fourth-order valence-electron chi connectivity index (χ4n) is 1.15. The summed E-state index contributed by atoms with van der Waals surface area (Å²) in [6, 6.07) is 1.79. The minimum absolute atomic E-state index is 0.366. The van der Waals surface area contributed by atoms with E-state index in [0.29, 0.717) is 18.2 Å². The minimum atomic E-state index is -0.815. The number of nitrogens with zero attached hydrogens (tertiary/aromatic N) is 2. The molecule has 1 rings (SSSR count). The Morgan fingerprint density at radius 2 is 2.20 bits per heavy atom. The smallest absolute Gasteiger partial charge is 0.308 e. The van der Waals surface area contributed by atoms with Gasteiger partial charge in [-0.3, -0.25) is 4.79 Å². The standard InChI is InChI=1S/C10H15N3O2/c1-6(10(14)15)5-11-9-4-7(2)12-8(3)13-9/h4,6H,5H2,1-3H3,(H,14,15)(H,11,12,13). The van der Waals surface area contributed by atoms with Crippen LogP contribution in [0, 0.1) is 19.8 Å². The number of hydrogen-bond acceptors (Lipinski definition) is 4. The second-order valence-corrected chi connectivity index (χ2v) is 3.56. The SMILES string of the molecule is Cc1cc(NCC(C)C(=O)O)nc(C)n1. The monoisotopic (exact) mass is 209 g/mol. The number of hydrogen-bond donors (Lipinski definition) is 2. The molecule has 0 aliphatic rings. The quantitative estimate of drug-likeness (QED) is 0.780. The number of nitrogens with one attached hydrogen (secondary N) is 1. The van der Waals surface area contributed by atoms with Crippen LogP contribution in [0.4, 0.5) is 5.82 Å². The Kier molecular flexibility index (Phi) is 3.60. The molecule has 0 aliphatic heterocycles. The second-order valence-electron chi connectivity index (χ2n) is 3.56. The molecular weight excluding hydrogens is 194 g/mol. The molecule has 0 spiro atoms. The first-order chi connectivity index (χ1) is 6.99. The van der Waals surface area contributed by atoms with Gasteiger partial charge in [-0.2, -0.15) is 0 Å². The molecule has 1 heterocycles. The largest absolute Gasteiger partial charge is 0.481 e. The van der Waals surface area contributed by atoms with Crippen LogP contribution < -0.4 is 5.32 Å². The summed E-state index contributed by atoms with van der Waals surface area (Å²) in [5, 5.41) is 11.7. The maximum Gasteiger partial charge on any atom is 0.308 e. The summed E-state index contributed by atoms with van der Waals surface area (Å²) in [5.74, 6) is 0.110. The highest BCUT2D eigenvalue weighted by Crippen LogP contribution is 2.06. The lowest BCUT2D eigenvalue weighted by molar-refractivity contribution is -0.140. The first-order valence-electron chi connectivity index (χ1n) is 4.78. The number of rotatable bonds is 4. The van der Waals surface area contributed by atoms with Gasteiger partial charge in [-0.1, -0.05) is 6.92 Å². The van der Waals surface area contributed by atoms with Gasteiger partial charge in [-0.05, 0) is 13.8 Å². The third kappa shape index (κ3) is 3.53. The van der Waals surface area contributed by atoms with Crippen LogP contribution in [0.2, 0.25) is 0 Å². The third-order valence-corrected chi connectivity index (χ3v) is 1.98. The van der Waals surface area contributed by atoms with Crippen LogP contribution in [0.15, 0.2) is 6.07 Å². The van der Waals surface area contributed by atoms with Crippen LogP contribution in [0.1, 0.15) is 18.4 Å². The Labute approximate surface area is 88.6 Å². The summed E-state index contributed by atoms with van der Waals surface area (Å²) in [6.45, 7) is 5.70. The van der Waals surface area contributed by atoms with Crippen molar-refractivity contribution in [2.75, 3.05) is 11.9 Å². The summed E-state index contributed by atoms with van der Waals surface area (Å²) < 4.78 is 0. The van der Waals surface area contributed by atoms with Crippen LogP contribution in [-0.2, 0) is 4.79 Å². The molecular formula is C10H15N3O2. The maximum atomic E-state index is 10.6. The van der Waals surface area contributed by atoms with E-state index in [-0.39, 0.29) is 0 Å². The molecule has 2 N–H and O–H groups in total. The van der Waals surface area contributed by atoms with Gasteiger partial charge in [0.15, 0.2) is 0 Å². The summed E-state index contributed by atoms with van der Waals surface area (Å²) in [7, 11) is 0. The topological polar surface area (TPSA) is 75.1 Å². The number of aliphatic carboxylic acids is 1. The van der Waals surface area contributed by atoms with Gasteiger partial charge in [0.05, 0.1) is 5.92 Å². The van der Waals surface area contributed by atoms with Gasteiger partial charge in [-0.25, -0.2) is 9.97 Å². The Hall–Kier alpha value is -1.65. The zero-order valence-corrected chi connectivity index (χ0v) is 9.11. The molecule has 0 saturated carbocycles. The number of carboxylic acids is 1. The molecule has 5 heteroatoms. The van der Waals surface area contributed by atoms with Gasteiger partial charge >= 0.3 is 5.97 Å². The fourth-order valence-corrected chi connectivity index (χ4v) is 1.15. The van der Waals surface area contributed by atoms with Crippen molar-refractivity contribution in [3.8, 4) is 0 Å². The predicted octanol–water partition coefficient (Wildman–Crippen LogP) is 1.23. The molecule has 1 aromatic rings. The molecule has 0 radical (unpaired) electrons. The molecule has 15 heavy (non-hydrogen) atoms. The molecule has 5 nitrogen and oxygen atoms in total. The Morgan fingerprint density at radius 1 is 1.53 bits per heavy atom. The zero-order chi connectivity index (χ0) is 11.4. The average Bonchev–Trinajstić information content (AvgIpc) is 2.12. The normalized spacial score (nSPS) is 12.2.